The summed E-state index contributed by atoms with van der Waals surface area (Å²) in [6.07, 6.45) is 0.791. The van der Waals surface area contributed by atoms with Gasteiger partial charge in [0.15, 0.2) is 0 Å². The van der Waals surface area contributed by atoms with E-state index in [9.17, 15) is 0 Å². The minimum atomic E-state index is 0.234. The van der Waals surface area contributed by atoms with E-state index in [2.05, 4.69) is 38.2 Å². The van der Waals surface area contributed by atoms with Crippen molar-refractivity contribution in [2.24, 2.45) is 0 Å². The van der Waals surface area contributed by atoms with Gasteiger partial charge in [-0.3, -0.25) is 0 Å². The molecule has 1 aromatic carbocycles. The number of methoxy groups -OCH3 is 1. The summed E-state index contributed by atoms with van der Waals surface area (Å²) in [7, 11) is 1.68. The number of aliphatic hydroxyl groups excluding tert-OH is 1. The lowest BCUT2D eigenvalue weighted by molar-refractivity contribution is 0.261. The van der Waals surface area contributed by atoms with Gasteiger partial charge in [-0.1, -0.05) is 19.1 Å². The second-order valence-electron chi connectivity index (χ2n) is 4.93. The molecule has 3 nitrogen and oxygen atoms in total. The summed E-state index contributed by atoms with van der Waals surface area (Å²) in [5.41, 5.74) is 1.30. The highest BCUT2D eigenvalue weighted by atomic mass is 16.5. The molecule has 1 rings (SSSR count). The van der Waals surface area contributed by atoms with Gasteiger partial charge in [-0.15, -0.1) is 0 Å². The first-order valence-corrected chi connectivity index (χ1v) is 6.59. The van der Waals surface area contributed by atoms with Crippen LogP contribution >= 0.6 is 0 Å². The second kappa shape index (κ2) is 7.39. The third-order valence-electron chi connectivity index (χ3n) is 3.50. The summed E-state index contributed by atoms with van der Waals surface area (Å²) in [5.74, 6) is 1.32. The van der Waals surface area contributed by atoms with Crippen LogP contribution in [-0.2, 0) is 0 Å². The molecule has 0 aliphatic rings. The van der Waals surface area contributed by atoms with Crippen LogP contribution in [-0.4, -0.2) is 30.9 Å². The maximum atomic E-state index is 8.91. The van der Waals surface area contributed by atoms with Gasteiger partial charge in [0, 0.05) is 18.7 Å². The summed E-state index contributed by atoms with van der Waals surface area (Å²) in [5, 5.41) is 12.4. The van der Waals surface area contributed by atoms with E-state index in [1.54, 1.807) is 7.11 Å². The third-order valence-corrected chi connectivity index (χ3v) is 3.50. The van der Waals surface area contributed by atoms with Crippen molar-refractivity contribution in [3.05, 3.63) is 29.8 Å². The molecule has 3 atom stereocenters. The molecular formula is C15H25NO2. The fourth-order valence-electron chi connectivity index (χ4n) is 2.07. The van der Waals surface area contributed by atoms with Crippen LogP contribution in [0.25, 0.3) is 0 Å². The lowest BCUT2D eigenvalue weighted by atomic mass is 9.93. The number of nitrogens with one attached hydrogen (secondary N) is 1. The van der Waals surface area contributed by atoms with Gasteiger partial charge in [0.2, 0.25) is 0 Å². The van der Waals surface area contributed by atoms with Gasteiger partial charge in [0.1, 0.15) is 5.75 Å². The molecule has 0 spiro atoms. The van der Waals surface area contributed by atoms with Crippen molar-refractivity contribution >= 4 is 0 Å². The Labute approximate surface area is 110 Å². The summed E-state index contributed by atoms with van der Waals surface area (Å²) in [6, 6.07) is 8.92. The zero-order valence-corrected chi connectivity index (χ0v) is 11.8. The van der Waals surface area contributed by atoms with Gasteiger partial charge < -0.3 is 15.2 Å². The molecular weight excluding hydrogens is 226 g/mol. The van der Waals surface area contributed by atoms with E-state index >= 15 is 0 Å². The maximum Gasteiger partial charge on any atom is 0.118 e. The van der Waals surface area contributed by atoms with E-state index in [1.165, 1.54) is 5.56 Å². The van der Waals surface area contributed by atoms with Crippen LogP contribution in [0.1, 0.15) is 38.7 Å². The van der Waals surface area contributed by atoms with Crippen LogP contribution in [0, 0.1) is 0 Å². The Morgan fingerprint density at radius 1 is 1.17 bits per heavy atom. The molecule has 0 fully saturated rings. The van der Waals surface area contributed by atoms with Crippen LogP contribution in [0.5, 0.6) is 5.75 Å². The topological polar surface area (TPSA) is 41.5 Å². The van der Waals surface area contributed by atoms with E-state index in [0.29, 0.717) is 18.0 Å². The highest BCUT2D eigenvalue weighted by molar-refractivity contribution is 5.29. The average Bonchev–Trinajstić information content (AvgIpc) is 2.38. The minimum absolute atomic E-state index is 0.234. The first kappa shape index (κ1) is 15.0. The first-order valence-electron chi connectivity index (χ1n) is 6.59. The second-order valence-corrected chi connectivity index (χ2v) is 4.93. The molecule has 0 saturated heterocycles. The van der Waals surface area contributed by atoms with Gasteiger partial charge >= 0.3 is 0 Å². The number of ether oxygens (including phenoxy) is 1. The molecule has 0 amide bonds. The zero-order chi connectivity index (χ0) is 13.5. The molecule has 2 N–H and O–H groups in total. The monoisotopic (exact) mass is 251 g/mol. The molecule has 3 heteroatoms. The molecule has 102 valence electrons. The fraction of sp³-hybridized carbons (Fsp3) is 0.600. The van der Waals surface area contributed by atoms with E-state index in [0.717, 1.165) is 12.2 Å². The van der Waals surface area contributed by atoms with Gasteiger partial charge in [-0.2, -0.15) is 0 Å². The Hall–Kier alpha value is -1.06. The smallest absolute Gasteiger partial charge is 0.118 e. The van der Waals surface area contributed by atoms with Crippen molar-refractivity contribution in [3.8, 4) is 5.75 Å². The van der Waals surface area contributed by atoms with E-state index in [-0.39, 0.29) is 6.61 Å². The summed E-state index contributed by atoms with van der Waals surface area (Å²) >= 11 is 0. The van der Waals surface area contributed by atoms with Crippen molar-refractivity contribution in [2.45, 2.75) is 45.2 Å². The van der Waals surface area contributed by atoms with Crippen molar-refractivity contribution in [2.75, 3.05) is 13.7 Å². The SMILES string of the molecule is COc1ccc(C(C)C(C)N[C@H](C)CCO)cc1. The van der Waals surface area contributed by atoms with E-state index in [4.69, 9.17) is 9.84 Å². The lowest BCUT2D eigenvalue weighted by Crippen LogP contribution is -2.38. The number of hydrogen-bond donors (Lipinski definition) is 2. The highest BCUT2D eigenvalue weighted by Crippen LogP contribution is 2.22. The maximum absolute atomic E-state index is 8.91. The Morgan fingerprint density at radius 2 is 1.78 bits per heavy atom. The van der Waals surface area contributed by atoms with Gasteiger partial charge in [-0.25, -0.2) is 0 Å². The fourth-order valence-corrected chi connectivity index (χ4v) is 2.07. The number of hydrogen-bond acceptors (Lipinski definition) is 3. The lowest BCUT2D eigenvalue weighted by Gasteiger charge is -2.25. The summed E-state index contributed by atoms with van der Waals surface area (Å²) < 4.78 is 5.16. The van der Waals surface area contributed by atoms with Crippen molar-refractivity contribution in [3.63, 3.8) is 0 Å². The molecule has 0 radical (unpaired) electrons. The highest BCUT2D eigenvalue weighted by Gasteiger charge is 2.16. The van der Waals surface area contributed by atoms with E-state index in [1.807, 2.05) is 12.1 Å². The van der Waals surface area contributed by atoms with Crippen molar-refractivity contribution < 1.29 is 9.84 Å². The zero-order valence-electron chi connectivity index (χ0n) is 11.8. The predicted molar refractivity (Wildman–Crippen MR) is 75.2 cm³/mol. The summed E-state index contributed by atoms with van der Waals surface area (Å²) in [4.78, 5) is 0. The molecule has 0 aromatic heterocycles. The Kier molecular flexibility index (Phi) is 6.16. The van der Waals surface area contributed by atoms with Gasteiger partial charge in [0.05, 0.1) is 7.11 Å². The normalized spacial score (nSPS) is 16.1. The summed E-state index contributed by atoms with van der Waals surface area (Å²) in [6.45, 7) is 6.74. The standard InChI is InChI=1S/C15H25NO2/c1-11(9-10-17)16-13(3)12(2)14-5-7-15(18-4)8-6-14/h5-8,11-13,16-17H,9-10H2,1-4H3/t11-,12?,13?/m1/s1. The third kappa shape index (κ3) is 4.31. The largest absolute Gasteiger partial charge is 0.497 e. The number of aliphatic hydroxyl groups is 1. The molecule has 0 heterocycles. The molecule has 0 aliphatic heterocycles. The van der Waals surface area contributed by atoms with Crippen LogP contribution < -0.4 is 10.1 Å². The van der Waals surface area contributed by atoms with Crippen LogP contribution in [0.3, 0.4) is 0 Å². The Bertz CT molecular complexity index is 337. The van der Waals surface area contributed by atoms with Crippen LogP contribution in [0.2, 0.25) is 0 Å². The van der Waals surface area contributed by atoms with Crippen molar-refractivity contribution in [1.29, 1.82) is 0 Å². The Balaban J connectivity index is 2.58. The van der Waals surface area contributed by atoms with Crippen molar-refractivity contribution in [1.82, 2.24) is 5.32 Å². The number of rotatable bonds is 7. The molecule has 2 unspecified atom stereocenters. The predicted octanol–water partition coefficient (Wildman–Crippen LogP) is 2.55. The molecule has 18 heavy (non-hydrogen) atoms. The van der Waals surface area contributed by atoms with Crippen LogP contribution in [0.15, 0.2) is 24.3 Å². The molecule has 0 bridgehead atoms. The van der Waals surface area contributed by atoms with Gasteiger partial charge in [0.25, 0.3) is 0 Å². The van der Waals surface area contributed by atoms with Crippen LogP contribution in [0.4, 0.5) is 0 Å². The quantitative estimate of drug-likeness (QED) is 0.782. The minimum Gasteiger partial charge on any atom is -0.497 e. The van der Waals surface area contributed by atoms with E-state index < -0.39 is 0 Å². The van der Waals surface area contributed by atoms with Gasteiger partial charge in [-0.05, 0) is 43.9 Å². The molecule has 0 saturated carbocycles. The Morgan fingerprint density at radius 3 is 2.28 bits per heavy atom. The molecule has 1 aromatic rings. The average molecular weight is 251 g/mol. The number of benzene rings is 1. The first-order chi connectivity index (χ1) is 8.58. The molecule has 0 aliphatic carbocycles.